The first-order valence-corrected chi connectivity index (χ1v) is 5.79. The van der Waals surface area contributed by atoms with Crippen molar-refractivity contribution in [3.63, 3.8) is 0 Å². The van der Waals surface area contributed by atoms with Crippen LogP contribution in [0.3, 0.4) is 0 Å². The Labute approximate surface area is 97.5 Å². The van der Waals surface area contributed by atoms with Crippen LogP contribution in [0.1, 0.15) is 6.42 Å². The van der Waals surface area contributed by atoms with Crippen molar-refractivity contribution in [2.75, 3.05) is 0 Å². The van der Waals surface area contributed by atoms with Crippen LogP contribution < -0.4 is 0 Å². The molecule has 0 bridgehead atoms. The number of allylic oxidation sites excluding steroid dienone is 4. The molecule has 0 amide bonds. The van der Waals surface area contributed by atoms with Gasteiger partial charge in [0.25, 0.3) is 10.1 Å². The minimum Gasteiger partial charge on any atom is -0.282 e. The van der Waals surface area contributed by atoms with E-state index in [2.05, 4.69) is 0 Å². The molecule has 0 aromatic carbocycles. The van der Waals surface area contributed by atoms with E-state index in [1.54, 1.807) is 0 Å². The first-order chi connectivity index (χ1) is 7.82. The summed E-state index contributed by atoms with van der Waals surface area (Å²) in [4.78, 5) is -1.31. The van der Waals surface area contributed by atoms with E-state index < -0.39 is 45.3 Å². The molecular formula is C8H6F6O3S. The molecule has 0 radical (unpaired) electrons. The normalized spacial score (nSPS) is 22.5. The zero-order chi connectivity index (χ0) is 14.4. The van der Waals surface area contributed by atoms with Crippen LogP contribution in [0.25, 0.3) is 0 Å². The minimum absolute atomic E-state index is 0.00241. The third-order valence-corrected chi connectivity index (χ3v) is 3.14. The summed E-state index contributed by atoms with van der Waals surface area (Å²) in [5.74, 6) is -2.60. The molecule has 10 heteroatoms. The Hall–Kier alpha value is -1.03. The predicted molar refractivity (Wildman–Crippen MR) is 47.9 cm³/mol. The Kier molecular flexibility index (Phi) is 3.56. The minimum atomic E-state index is -5.13. The second-order valence-corrected chi connectivity index (χ2v) is 5.03. The summed E-state index contributed by atoms with van der Waals surface area (Å²) in [6.07, 6.45) is -11.5. The standard InChI is InChI=1S/C8H6F6O3S/c9-7(10,11)4-1-5(8(12,13)14)3-6(2-4)18(15,16)17/h1-2,5H,3H2,(H,15,16,17). The molecule has 0 aromatic heterocycles. The first kappa shape index (κ1) is 15.0. The Balaban J connectivity index is 3.30. The fraction of sp³-hybridized carbons (Fsp3) is 0.500. The quantitative estimate of drug-likeness (QED) is 0.598. The third kappa shape index (κ3) is 3.48. The van der Waals surface area contributed by atoms with E-state index >= 15 is 0 Å². The molecule has 0 saturated carbocycles. The van der Waals surface area contributed by atoms with Crippen LogP contribution in [0.5, 0.6) is 0 Å². The monoisotopic (exact) mass is 296 g/mol. The number of hydrogen-bond acceptors (Lipinski definition) is 2. The Morgan fingerprint density at radius 3 is 2.00 bits per heavy atom. The van der Waals surface area contributed by atoms with Gasteiger partial charge in [0, 0.05) is 6.42 Å². The van der Waals surface area contributed by atoms with Crippen LogP contribution in [0.15, 0.2) is 22.6 Å². The zero-order valence-corrected chi connectivity index (χ0v) is 9.20. The van der Waals surface area contributed by atoms with Gasteiger partial charge in [-0.05, 0) is 6.08 Å². The summed E-state index contributed by atoms with van der Waals surface area (Å²) in [6.45, 7) is 0. The van der Waals surface area contributed by atoms with Gasteiger partial charge in [0.1, 0.15) is 0 Å². The number of alkyl halides is 6. The van der Waals surface area contributed by atoms with Gasteiger partial charge in [-0.2, -0.15) is 34.8 Å². The van der Waals surface area contributed by atoms with Crippen LogP contribution in [0.2, 0.25) is 0 Å². The average Bonchev–Trinajstić information content (AvgIpc) is 2.13. The molecule has 1 atom stereocenters. The summed E-state index contributed by atoms with van der Waals surface area (Å²) in [5, 5.41) is 0. The first-order valence-electron chi connectivity index (χ1n) is 4.35. The number of hydrogen-bond donors (Lipinski definition) is 1. The van der Waals surface area contributed by atoms with Gasteiger partial charge in [-0.15, -0.1) is 0 Å². The van der Waals surface area contributed by atoms with Gasteiger partial charge in [-0.3, -0.25) is 4.55 Å². The molecule has 1 aliphatic rings. The molecule has 18 heavy (non-hydrogen) atoms. The van der Waals surface area contributed by atoms with Crippen LogP contribution >= 0.6 is 0 Å². The van der Waals surface area contributed by atoms with Crippen molar-refractivity contribution in [2.24, 2.45) is 5.92 Å². The van der Waals surface area contributed by atoms with Gasteiger partial charge in [0.05, 0.1) is 16.4 Å². The highest BCUT2D eigenvalue weighted by Gasteiger charge is 2.45. The lowest BCUT2D eigenvalue weighted by molar-refractivity contribution is -0.162. The second-order valence-electron chi connectivity index (χ2n) is 3.56. The van der Waals surface area contributed by atoms with Crippen molar-refractivity contribution < 1.29 is 39.3 Å². The van der Waals surface area contributed by atoms with E-state index in [9.17, 15) is 34.8 Å². The van der Waals surface area contributed by atoms with E-state index in [0.29, 0.717) is 0 Å². The number of halogens is 6. The number of rotatable bonds is 1. The van der Waals surface area contributed by atoms with Crippen LogP contribution in [0.4, 0.5) is 26.3 Å². The molecule has 0 fully saturated rings. The predicted octanol–water partition coefficient (Wildman–Crippen LogP) is 2.83. The van der Waals surface area contributed by atoms with Crippen molar-refractivity contribution in [3.8, 4) is 0 Å². The van der Waals surface area contributed by atoms with Gasteiger partial charge in [-0.1, -0.05) is 6.08 Å². The maximum atomic E-state index is 12.3. The molecule has 1 unspecified atom stereocenters. The van der Waals surface area contributed by atoms with Crippen LogP contribution in [-0.2, 0) is 10.1 Å². The molecule has 0 aliphatic heterocycles. The van der Waals surface area contributed by atoms with Crippen molar-refractivity contribution in [1.82, 2.24) is 0 Å². The summed E-state index contributed by atoms with van der Waals surface area (Å²) in [6, 6.07) is 0. The lowest BCUT2D eigenvalue weighted by atomic mass is 9.95. The van der Waals surface area contributed by atoms with E-state index in [4.69, 9.17) is 4.55 Å². The SMILES string of the molecule is O=S(=O)(O)C1=CC(C(F)(F)F)=CC(C(F)(F)F)C1. The summed E-state index contributed by atoms with van der Waals surface area (Å²) in [5.41, 5.74) is -1.75. The lowest BCUT2D eigenvalue weighted by Gasteiger charge is -2.23. The van der Waals surface area contributed by atoms with Gasteiger partial charge in [0.2, 0.25) is 0 Å². The molecule has 0 heterocycles. The summed E-state index contributed by atoms with van der Waals surface area (Å²) < 4.78 is 104. The van der Waals surface area contributed by atoms with E-state index in [1.807, 2.05) is 0 Å². The van der Waals surface area contributed by atoms with Gasteiger partial charge >= 0.3 is 12.4 Å². The Bertz CT molecular complexity index is 496. The largest absolute Gasteiger partial charge is 0.416 e. The highest BCUT2D eigenvalue weighted by atomic mass is 32.2. The molecule has 0 saturated heterocycles. The molecule has 0 spiro atoms. The average molecular weight is 296 g/mol. The smallest absolute Gasteiger partial charge is 0.282 e. The van der Waals surface area contributed by atoms with Crippen molar-refractivity contribution in [1.29, 1.82) is 0 Å². The summed E-state index contributed by atoms with van der Waals surface area (Å²) >= 11 is 0. The van der Waals surface area contributed by atoms with Gasteiger partial charge in [-0.25, -0.2) is 0 Å². The molecular weight excluding hydrogens is 290 g/mol. The third-order valence-electron chi connectivity index (χ3n) is 2.20. The summed E-state index contributed by atoms with van der Waals surface area (Å²) in [7, 11) is -5.09. The lowest BCUT2D eigenvalue weighted by Crippen LogP contribution is -2.28. The Morgan fingerprint density at radius 1 is 1.17 bits per heavy atom. The maximum absolute atomic E-state index is 12.3. The molecule has 3 nitrogen and oxygen atoms in total. The van der Waals surface area contributed by atoms with Crippen LogP contribution in [0, 0.1) is 5.92 Å². The van der Waals surface area contributed by atoms with E-state index in [-0.39, 0.29) is 12.2 Å². The highest BCUT2D eigenvalue weighted by Crippen LogP contribution is 2.41. The molecule has 1 rings (SSSR count). The highest BCUT2D eigenvalue weighted by molar-refractivity contribution is 7.89. The van der Waals surface area contributed by atoms with Crippen LogP contribution in [-0.4, -0.2) is 25.3 Å². The maximum Gasteiger partial charge on any atom is 0.416 e. The van der Waals surface area contributed by atoms with E-state index in [0.717, 1.165) is 0 Å². The molecule has 1 aliphatic carbocycles. The fourth-order valence-corrected chi connectivity index (χ4v) is 2.01. The molecule has 104 valence electrons. The Morgan fingerprint density at radius 2 is 1.67 bits per heavy atom. The van der Waals surface area contributed by atoms with Crippen molar-refractivity contribution in [2.45, 2.75) is 18.8 Å². The van der Waals surface area contributed by atoms with Crippen molar-refractivity contribution >= 4 is 10.1 Å². The zero-order valence-electron chi connectivity index (χ0n) is 8.38. The second kappa shape index (κ2) is 4.26. The molecule has 0 aromatic rings. The van der Waals surface area contributed by atoms with E-state index in [1.165, 1.54) is 0 Å². The topological polar surface area (TPSA) is 54.4 Å². The molecule has 1 N–H and O–H groups in total. The van der Waals surface area contributed by atoms with Crippen molar-refractivity contribution in [3.05, 3.63) is 22.6 Å². The van der Waals surface area contributed by atoms with Gasteiger partial charge < -0.3 is 0 Å². The fourth-order valence-electron chi connectivity index (χ4n) is 1.34. The van der Waals surface area contributed by atoms with Gasteiger partial charge in [0.15, 0.2) is 0 Å².